The molecular formula is C12H15NO2. The summed E-state index contributed by atoms with van der Waals surface area (Å²) in [6.07, 6.45) is 2.05. The van der Waals surface area contributed by atoms with Gasteiger partial charge in [-0.3, -0.25) is 0 Å². The van der Waals surface area contributed by atoms with E-state index in [-0.39, 0.29) is 0 Å². The summed E-state index contributed by atoms with van der Waals surface area (Å²) in [5.74, 6) is -0.442. The molecule has 0 radical (unpaired) electrons. The van der Waals surface area contributed by atoms with E-state index in [9.17, 15) is 4.79 Å². The van der Waals surface area contributed by atoms with Gasteiger partial charge in [-0.2, -0.15) is 0 Å². The standard InChI is InChI=1S/C12H15NO2/c1-8-4-2-3-5-10(8)13-11(12(14)15)9-6-7-9/h2-5,9,11,13H,6-7H2,1H3,(H,14,15). The molecule has 1 aliphatic rings. The lowest BCUT2D eigenvalue weighted by Gasteiger charge is -2.16. The molecule has 0 spiro atoms. The number of rotatable bonds is 4. The van der Waals surface area contributed by atoms with Crippen molar-refractivity contribution in [3.63, 3.8) is 0 Å². The van der Waals surface area contributed by atoms with Gasteiger partial charge < -0.3 is 10.4 Å². The summed E-state index contributed by atoms with van der Waals surface area (Å²) in [4.78, 5) is 11.0. The molecule has 0 bridgehead atoms. The van der Waals surface area contributed by atoms with E-state index in [2.05, 4.69) is 5.32 Å². The second-order valence-electron chi connectivity index (χ2n) is 4.11. The predicted molar refractivity (Wildman–Crippen MR) is 58.9 cm³/mol. The molecule has 1 unspecified atom stereocenters. The molecule has 3 nitrogen and oxygen atoms in total. The van der Waals surface area contributed by atoms with Crippen molar-refractivity contribution >= 4 is 11.7 Å². The lowest BCUT2D eigenvalue weighted by Crippen LogP contribution is -2.31. The summed E-state index contributed by atoms with van der Waals surface area (Å²) in [5, 5.41) is 12.2. The van der Waals surface area contributed by atoms with E-state index in [0.29, 0.717) is 5.92 Å². The van der Waals surface area contributed by atoms with Gasteiger partial charge in [-0.05, 0) is 37.3 Å². The molecule has 2 N–H and O–H groups in total. The molecule has 1 aromatic rings. The molecule has 1 atom stereocenters. The van der Waals surface area contributed by atoms with Crippen molar-refractivity contribution in [3.05, 3.63) is 29.8 Å². The van der Waals surface area contributed by atoms with Gasteiger partial charge in [0.1, 0.15) is 6.04 Å². The minimum atomic E-state index is -0.749. The van der Waals surface area contributed by atoms with Gasteiger partial charge in [0, 0.05) is 5.69 Å². The Morgan fingerprint density at radius 3 is 2.67 bits per heavy atom. The Labute approximate surface area is 89.1 Å². The highest BCUT2D eigenvalue weighted by Gasteiger charge is 2.36. The molecule has 1 aromatic carbocycles. The second kappa shape index (κ2) is 3.93. The van der Waals surface area contributed by atoms with Crippen molar-refractivity contribution in [2.45, 2.75) is 25.8 Å². The molecule has 15 heavy (non-hydrogen) atoms. The molecule has 3 heteroatoms. The van der Waals surface area contributed by atoms with Crippen LogP contribution in [0.1, 0.15) is 18.4 Å². The Hall–Kier alpha value is -1.51. The minimum absolute atomic E-state index is 0.308. The summed E-state index contributed by atoms with van der Waals surface area (Å²) in [5.41, 5.74) is 2.02. The third-order valence-corrected chi connectivity index (χ3v) is 2.82. The highest BCUT2D eigenvalue weighted by Crippen LogP contribution is 2.34. The van der Waals surface area contributed by atoms with Crippen LogP contribution in [-0.2, 0) is 4.79 Å². The molecular weight excluding hydrogens is 190 g/mol. The molecule has 0 saturated heterocycles. The summed E-state index contributed by atoms with van der Waals surface area (Å²) in [6, 6.07) is 7.35. The van der Waals surface area contributed by atoms with E-state index < -0.39 is 12.0 Å². The van der Waals surface area contributed by atoms with Crippen molar-refractivity contribution < 1.29 is 9.90 Å². The zero-order valence-corrected chi connectivity index (χ0v) is 8.73. The maximum absolute atomic E-state index is 11.0. The van der Waals surface area contributed by atoms with Gasteiger partial charge in [-0.1, -0.05) is 18.2 Å². The van der Waals surface area contributed by atoms with Crippen LogP contribution in [0.25, 0.3) is 0 Å². The largest absolute Gasteiger partial charge is 0.480 e. The van der Waals surface area contributed by atoms with Crippen molar-refractivity contribution in [2.24, 2.45) is 5.92 Å². The molecule has 1 saturated carbocycles. The van der Waals surface area contributed by atoms with Crippen LogP contribution in [0, 0.1) is 12.8 Å². The predicted octanol–water partition coefficient (Wildman–Crippen LogP) is 2.27. The Morgan fingerprint density at radius 2 is 2.13 bits per heavy atom. The van der Waals surface area contributed by atoms with Crippen LogP contribution < -0.4 is 5.32 Å². The Bertz CT molecular complexity index is 372. The fourth-order valence-corrected chi connectivity index (χ4v) is 1.71. The van der Waals surface area contributed by atoms with Gasteiger partial charge in [-0.25, -0.2) is 4.79 Å². The maximum Gasteiger partial charge on any atom is 0.326 e. The lowest BCUT2D eigenvalue weighted by molar-refractivity contribution is -0.138. The number of nitrogens with one attached hydrogen (secondary N) is 1. The van der Waals surface area contributed by atoms with E-state index in [1.54, 1.807) is 0 Å². The monoisotopic (exact) mass is 205 g/mol. The van der Waals surface area contributed by atoms with Gasteiger partial charge in [0.15, 0.2) is 0 Å². The van der Waals surface area contributed by atoms with Crippen LogP contribution in [0.15, 0.2) is 24.3 Å². The SMILES string of the molecule is Cc1ccccc1NC(C(=O)O)C1CC1. The summed E-state index contributed by atoms with van der Waals surface area (Å²) < 4.78 is 0. The number of anilines is 1. The second-order valence-corrected chi connectivity index (χ2v) is 4.11. The average Bonchev–Trinajstić information content (AvgIpc) is 2.99. The highest BCUT2D eigenvalue weighted by atomic mass is 16.4. The Morgan fingerprint density at radius 1 is 1.47 bits per heavy atom. The molecule has 1 aliphatic carbocycles. The van der Waals surface area contributed by atoms with Gasteiger partial charge in [0.2, 0.25) is 0 Å². The molecule has 0 aliphatic heterocycles. The third kappa shape index (κ3) is 2.29. The molecule has 2 rings (SSSR count). The number of aryl methyl sites for hydroxylation is 1. The number of carboxylic acids is 1. The Balaban J connectivity index is 2.12. The van der Waals surface area contributed by atoms with Crippen LogP contribution in [0.5, 0.6) is 0 Å². The third-order valence-electron chi connectivity index (χ3n) is 2.82. The first-order chi connectivity index (χ1) is 7.18. The van der Waals surface area contributed by atoms with Crippen LogP contribution in [-0.4, -0.2) is 17.1 Å². The zero-order valence-electron chi connectivity index (χ0n) is 8.73. The lowest BCUT2D eigenvalue weighted by atomic mass is 10.1. The molecule has 0 aromatic heterocycles. The number of carbonyl (C=O) groups is 1. The summed E-state index contributed by atoms with van der Waals surface area (Å²) >= 11 is 0. The van der Waals surface area contributed by atoms with Crippen molar-refractivity contribution in [3.8, 4) is 0 Å². The molecule has 1 fully saturated rings. The number of benzene rings is 1. The van der Waals surface area contributed by atoms with Gasteiger partial charge in [-0.15, -0.1) is 0 Å². The number of hydrogen-bond donors (Lipinski definition) is 2. The van der Waals surface area contributed by atoms with Crippen molar-refractivity contribution in [1.29, 1.82) is 0 Å². The fourth-order valence-electron chi connectivity index (χ4n) is 1.71. The molecule has 80 valence electrons. The van der Waals surface area contributed by atoms with Gasteiger partial charge in [0.25, 0.3) is 0 Å². The number of para-hydroxylation sites is 1. The first-order valence-corrected chi connectivity index (χ1v) is 5.23. The topological polar surface area (TPSA) is 49.3 Å². The van der Waals surface area contributed by atoms with Crippen LogP contribution in [0.4, 0.5) is 5.69 Å². The Kier molecular flexibility index (Phi) is 2.62. The van der Waals surface area contributed by atoms with Crippen LogP contribution in [0.3, 0.4) is 0 Å². The number of aliphatic carboxylic acids is 1. The maximum atomic E-state index is 11.0. The number of hydrogen-bond acceptors (Lipinski definition) is 2. The van der Waals surface area contributed by atoms with Crippen LogP contribution >= 0.6 is 0 Å². The van der Waals surface area contributed by atoms with E-state index in [1.807, 2.05) is 31.2 Å². The normalized spacial score (nSPS) is 17.1. The zero-order chi connectivity index (χ0) is 10.8. The molecule has 0 heterocycles. The van der Waals surface area contributed by atoms with Gasteiger partial charge >= 0.3 is 5.97 Å². The molecule has 0 amide bonds. The summed E-state index contributed by atoms with van der Waals surface area (Å²) in [7, 11) is 0. The number of carboxylic acid groups (broad SMARTS) is 1. The van der Waals surface area contributed by atoms with Crippen LogP contribution in [0.2, 0.25) is 0 Å². The van der Waals surface area contributed by atoms with E-state index in [1.165, 1.54) is 0 Å². The van der Waals surface area contributed by atoms with E-state index in [4.69, 9.17) is 5.11 Å². The minimum Gasteiger partial charge on any atom is -0.480 e. The van der Waals surface area contributed by atoms with Crippen molar-refractivity contribution in [2.75, 3.05) is 5.32 Å². The highest BCUT2D eigenvalue weighted by molar-refractivity contribution is 5.78. The summed E-state index contributed by atoms with van der Waals surface area (Å²) in [6.45, 7) is 1.98. The fraction of sp³-hybridized carbons (Fsp3) is 0.417. The average molecular weight is 205 g/mol. The smallest absolute Gasteiger partial charge is 0.326 e. The quantitative estimate of drug-likeness (QED) is 0.792. The van der Waals surface area contributed by atoms with E-state index >= 15 is 0 Å². The first kappa shape index (κ1) is 10.0. The van der Waals surface area contributed by atoms with Gasteiger partial charge in [0.05, 0.1) is 0 Å². The first-order valence-electron chi connectivity index (χ1n) is 5.23. The van der Waals surface area contributed by atoms with E-state index in [0.717, 1.165) is 24.1 Å². The van der Waals surface area contributed by atoms with Crippen molar-refractivity contribution in [1.82, 2.24) is 0 Å².